The number of rotatable bonds is 10. The van der Waals surface area contributed by atoms with Gasteiger partial charge >= 0.3 is 0 Å². The van der Waals surface area contributed by atoms with Crippen molar-refractivity contribution in [2.45, 2.75) is 31.3 Å². The Kier molecular flexibility index (Phi) is 10.3. The second kappa shape index (κ2) is 13.0. The average molecular weight is 617 g/mol. The molecule has 0 aliphatic heterocycles. The van der Waals surface area contributed by atoms with Crippen molar-refractivity contribution in [3.63, 3.8) is 0 Å². The molecule has 0 aliphatic rings. The number of amides is 2. The molecule has 0 aromatic heterocycles. The van der Waals surface area contributed by atoms with Gasteiger partial charge in [-0.3, -0.25) is 13.9 Å². The van der Waals surface area contributed by atoms with E-state index in [9.17, 15) is 18.0 Å². The number of carbonyl (C=O) groups excluding carboxylic acids is 2. The average Bonchev–Trinajstić information content (AvgIpc) is 2.88. The van der Waals surface area contributed by atoms with Crippen molar-refractivity contribution >= 4 is 73.9 Å². The Morgan fingerprint density at radius 1 is 0.921 bits per heavy atom. The number of nitrogens with one attached hydrogen (secondary N) is 1. The summed E-state index contributed by atoms with van der Waals surface area (Å²) in [5.41, 5.74) is 0.547. The molecule has 0 aliphatic carbocycles. The monoisotopic (exact) mass is 615 g/mol. The first-order valence-electron chi connectivity index (χ1n) is 11.5. The molecule has 12 heteroatoms. The summed E-state index contributed by atoms with van der Waals surface area (Å²) in [4.78, 5) is 27.8. The van der Waals surface area contributed by atoms with Gasteiger partial charge in [-0.15, -0.1) is 0 Å². The second-order valence-corrected chi connectivity index (χ2v) is 11.7. The van der Waals surface area contributed by atoms with E-state index in [0.717, 1.165) is 4.31 Å². The maximum absolute atomic E-state index is 13.8. The lowest BCUT2D eigenvalue weighted by atomic mass is 10.1. The van der Waals surface area contributed by atoms with E-state index in [1.54, 1.807) is 44.2 Å². The standard InChI is InChI=1S/C26H25Cl4N3O4S/c1-3-31-26(35)17(2)32(15-18-12-13-19(27)14-22(18)29)24(34)16-33(23-11-7-10-21(28)25(23)30)38(36,37)20-8-5-4-6-9-20/h4-14,17H,3,15-16H2,1-2H3,(H,31,35). The summed E-state index contributed by atoms with van der Waals surface area (Å²) in [6.07, 6.45) is 0. The summed E-state index contributed by atoms with van der Waals surface area (Å²) < 4.78 is 28.4. The molecule has 2 amide bonds. The maximum atomic E-state index is 13.8. The van der Waals surface area contributed by atoms with E-state index < -0.39 is 34.4 Å². The van der Waals surface area contributed by atoms with Crippen molar-refractivity contribution in [2.75, 3.05) is 17.4 Å². The highest BCUT2D eigenvalue weighted by atomic mass is 35.5. The van der Waals surface area contributed by atoms with Gasteiger partial charge in [0.25, 0.3) is 10.0 Å². The fourth-order valence-corrected chi connectivity index (χ4v) is 6.02. The molecule has 0 saturated heterocycles. The third kappa shape index (κ3) is 6.93. The zero-order valence-electron chi connectivity index (χ0n) is 20.5. The number of carbonyl (C=O) groups is 2. The zero-order valence-corrected chi connectivity index (χ0v) is 24.3. The molecule has 0 heterocycles. The molecule has 38 heavy (non-hydrogen) atoms. The van der Waals surface area contributed by atoms with Gasteiger partial charge in [0.15, 0.2) is 0 Å². The number of nitrogens with zero attached hydrogens (tertiary/aromatic N) is 2. The minimum absolute atomic E-state index is 0.0199. The van der Waals surface area contributed by atoms with E-state index in [0.29, 0.717) is 22.2 Å². The molecule has 0 spiro atoms. The number of halogens is 4. The molecule has 1 N–H and O–H groups in total. The first-order valence-corrected chi connectivity index (χ1v) is 14.5. The molecular formula is C26H25Cl4N3O4S. The van der Waals surface area contributed by atoms with Crippen LogP contribution in [0.2, 0.25) is 20.1 Å². The van der Waals surface area contributed by atoms with Crippen LogP contribution in [0.3, 0.4) is 0 Å². The minimum Gasteiger partial charge on any atom is -0.355 e. The van der Waals surface area contributed by atoms with Crippen molar-refractivity contribution in [1.82, 2.24) is 10.2 Å². The van der Waals surface area contributed by atoms with E-state index in [1.807, 2.05) is 0 Å². The second-order valence-electron chi connectivity index (χ2n) is 8.23. The van der Waals surface area contributed by atoms with E-state index in [2.05, 4.69) is 5.32 Å². The fourth-order valence-electron chi connectivity index (χ4n) is 3.66. The van der Waals surface area contributed by atoms with Crippen LogP contribution in [0.25, 0.3) is 0 Å². The van der Waals surface area contributed by atoms with Crippen LogP contribution in [0, 0.1) is 0 Å². The number of benzene rings is 3. The Bertz CT molecular complexity index is 1420. The smallest absolute Gasteiger partial charge is 0.264 e. The number of hydrogen-bond donors (Lipinski definition) is 1. The minimum atomic E-state index is -4.27. The van der Waals surface area contributed by atoms with Gasteiger partial charge in [-0.2, -0.15) is 0 Å². The first kappa shape index (κ1) is 30.1. The molecule has 3 aromatic rings. The molecule has 0 fully saturated rings. The van der Waals surface area contributed by atoms with Gasteiger partial charge in [0, 0.05) is 23.1 Å². The van der Waals surface area contributed by atoms with Crippen LogP contribution in [0.15, 0.2) is 71.6 Å². The molecule has 3 aromatic carbocycles. The quantitative estimate of drug-likeness (QED) is 0.300. The molecule has 0 radical (unpaired) electrons. The topological polar surface area (TPSA) is 86.8 Å². The van der Waals surface area contributed by atoms with Gasteiger partial charge in [0.2, 0.25) is 11.8 Å². The van der Waals surface area contributed by atoms with Crippen molar-refractivity contribution in [3.05, 3.63) is 92.4 Å². The Hall–Kier alpha value is -2.49. The van der Waals surface area contributed by atoms with Crippen molar-refractivity contribution in [2.24, 2.45) is 0 Å². The van der Waals surface area contributed by atoms with E-state index in [1.165, 1.54) is 41.3 Å². The van der Waals surface area contributed by atoms with Gasteiger partial charge in [0.05, 0.1) is 20.6 Å². The highest BCUT2D eigenvalue weighted by Crippen LogP contribution is 2.35. The largest absolute Gasteiger partial charge is 0.355 e. The Morgan fingerprint density at radius 2 is 1.61 bits per heavy atom. The van der Waals surface area contributed by atoms with Gasteiger partial charge < -0.3 is 10.2 Å². The first-order chi connectivity index (χ1) is 18.0. The van der Waals surface area contributed by atoms with Crippen LogP contribution in [0.4, 0.5) is 5.69 Å². The summed E-state index contributed by atoms with van der Waals surface area (Å²) >= 11 is 25.0. The number of hydrogen-bond acceptors (Lipinski definition) is 4. The molecule has 3 rings (SSSR count). The van der Waals surface area contributed by atoms with Gasteiger partial charge in [-0.1, -0.05) is 76.7 Å². The predicted octanol–water partition coefficient (Wildman–Crippen LogP) is 6.05. The molecule has 202 valence electrons. The molecule has 1 unspecified atom stereocenters. The summed E-state index contributed by atoms with van der Waals surface area (Å²) in [6, 6.07) is 15.9. The van der Waals surface area contributed by atoms with Crippen LogP contribution < -0.4 is 9.62 Å². The van der Waals surface area contributed by atoms with E-state index in [4.69, 9.17) is 46.4 Å². The van der Waals surface area contributed by atoms with E-state index in [-0.39, 0.29) is 27.2 Å². The Labute approximate surface area is 242 Å². The van der Waals surface area contributed by atoms with Gasteiger partial charge in [-0.25, -0.2) is 8.42 Å². The highest BCUT2D eigenvalue weighted by molar-refractivity contribution is 7.92. The lowest BCUT2D eigenvalue weighted by Gasteiger charge is -2.32. The summed E-state index contributed by atoms with van der Waals surface area (Å²) in [6.45, 7) is 2.92. The molecule has 1 atom stereocenters. The lowest BCUT2D eigenvalue weighted by molar-refractivity contribution is -0.139. The Balaban J connectivity index is 2.08. The van der Waals surface area contributed by atoms with Crippen LogP contribution >= 0.6 is 46.4 Å². The summed E-state index contributed by atoms with van der Waals surface area (Å²) in [5, 5.41) is 3.47. The number of anilines is 1. The summed E-state index contributed by atoms with van der Waals surface area (Å²) in [7, 11) is -4.27. The highest BCUT2D eigenvalue weighted by Gasteiger charge is 2.33. The fraction of sp³-hybridized carbons (Fsp3) is 0.231. The van der Waals surface area contributed by atoms with Crippen LogP contribution in [0.1, 0.15) is 19.4 Å². The SMILES string of the molecule is CCNC(=O)C(C)N(Cc1ccc(Cl)cc1Cl)C(=O)CN(c1cccc(Cl)c1Cl)S(=O)(=O)c1ccccc1. The van der Waals surface area contributed by atoms with E-state index >= 15 is 0 Å². The molecule has 0 saturated carbocycles. The van der Waals surface area contributed by atoms with Crippen molar-refractivity contribution in [1.29, 1.82) is 0 Å². The van der Waals surface area contributed by atoms with Crippen molar-refractivity contribution < 1.29 is 18.0 Å². The molecular weight excluding hydrogens is 592 g/mol. The Morgan fingerprint density at radius 3 is 2.24 bits per heavy atom. The zero-order chi connectivity index (χ0) is 28.0. The number of sulfonamides is 1. The van der Waals surface area contributed by atoms with Gasteiger partial charge in [-0.05, 0) is 55.8 Å². The van der Waals surface area contributed by atoms with Crippen LogP contribution in [0.5, 0.6) is 0 Å². The van der Waals surface area contributed by atoms with Gasteiger partial charge in [0.1, 0.15) is 12.6 Å². The third-order valence-electron chi connectivity index (χ3n) is 5.68. The molecule has 7 nitrogen and oxygen atoms in total. The summed E-state index contributed by atoms with van der Waals surface area (Å²) in [5.74, 6) is -1.07. The maximum Gasteiger partial charge on any atom is 0.264 e. The van der Waals surface area contributed by atoms with Crippen LogP contribution in [-0.4, -0.2) is 44.3 Å². The predicted molar refractivity (Wildman–Crippen MR) is 153 cm³/mol. The third-order valence-corrected chi connectivity index (χ3v) is 8.85. The normalized spacial score (nSPS) is 12.1. The molecule has 0 bridgehead atoms. The number of likely N-dealkylation sites (N-methyl/N-ethyl adjacent to an activating group) is 1. The lowest BCUT2D eigenvalue weighted by Crippen LogP contribution is -2.51. The van der Waals surface area contributed by atoms with Crippen molar-refractivity contribution in [3.8, 4) is 0 Å². The van der Waals surface area contributed by atoms with Crippen LogP contribution in [-0.2, 0) is 26.2 Å².